The first-order chi connectivity index (χ1) is 16.6. The molecule has 5 heterocycles. The molecule has 0 aromatic carbocycles. The number of ether oxygens (including phenoxy) is 1. The zero-order chi connectivity index (χ0) is 24.9. The Kier molecular flexibility index (Phi) is 5.74. The fourth-order valence-corrected chi connectivity index (χ4v) is 5.19. The molecule has 1 aliphatic heterocycles. The van der Waals surface area contributed by atoms with E-state index in [0.717, 1.165) is 28.3 Å². The molecule has 1 amide bonds. The van der Waals surface area contributed by atoms with Crippen LogP contribution in [0.2, 0.25) is 0 Å². The molecule has 0 saturated carbocycles. The molecular formula is C24H29N7O3S. The Hall–Kier alpha value is -3.47. The van der Waals surface area contributed by atoms with Crippen molar-refractivity contribution in [3.63, 3.8) is 0 Å². The molecular weight excluding hydrogens is 466 g/mol. The van der Waals surface area contributed by atoms with Crippen LogP contribution in [0.4, 0.5) is 9.80 Å². The molecule has 1 saturated heterocycles. The second-order valence-electron chi connectivity index (χ2n) is 9.71. The van der Waals surface area contributed by atoms with E-state index in [1.54, 1.807) is 13.8 Å². The summed E-state index contributed by atoms with van der Waals surface area (Å²) in [6, 6.07) is 3.49. The summed E-state index contributed by atoms with van der Waals surface area (Å²) >= 11 is 1.46. The van der Waals surface area contributed by atoms with Crippen molar-refractivity contribution in [1.29, 1.82) is 0 Å². The molecule has 0 N–H and O–H groups in total. The SMILES string of the molecule is CCc1cc(-c2cc(=O)n3cc(N4CCN(C(=O)OC(C)(C)C)CC4)sc3n2)nn2cc(C)nc12. The zero-order valence-corrected chi connectivity index (χ0v) is 21.4. The lowest BCUT2D eigenvalue weighted by Gasteiger charge is -2.35. The topological polar surface area (TPSA) is 97.3 Å². The van der Waals surface area contributed by atoms with Gasteiger partial charge in [0, 0.05) is 38.4 Å². The lowest BCUT2D eigenvalue weighted by atomic mass is 10.1. The third-order valence-corrected chi connectivity index (χ3v) is 6.91. The minimum absolute atomic E-state index is 0.151. The largest absolute Gasteiger partial charge is 0.444 e. The minimum Gasteiger partial charge on any atom is -0.444 e. The number of carbonyl (C=O) groups excluding carboxylic acids is 1. The van der Waals surface area contributed by atoms with Crippen molar-refractivity contribution in [2.45, 2.75) is 46.6 Å². The Balaban J connectivity index is 1.41. The van der Waals surface area contributed by atoms with Gasteiger partial charge < -0.3 is 14.5 Å². The summed E-state index contributed by atoms with van der Waals surface area (Å²) in [5, 5.41) is 5.60. The van der Waals surface area contributed by atoms with Gasteiger partial charge in [0.05, 0.1) is 17.6 Å². The molecule has 0 bridgehead atoms. The van der Waals surface area contributed by atoms with Gasteiger partial charge in [0.2, 0.25) is 0 Å². The molecule has 1 fully saturated rings. The van der Waals surface area contributed by atoms with Crippen molar-refractivity contribution in [2.24, 2.45) is 0 Å². The summed E-state index contributed by atoms with van der Waals surface area (Å²) in [4.78, 5) is 39.2. The predicted octanol–water partition coefficient (Wildman–Crippen LogP) is 3.39. The Bertz CT molecular complexity index is 1470. The number of imidazole rings is 1. The first-order valence-electron chi connectivity index (χ1n) is 11.7. The van der Waals surface area contributed by atoms with Gasteiger partial charge in [-0.25, -0.2) is 19.3 Å². The average Bonchev–Trinajstić information content (AvgIpc) is 3.40. The van der Waals surface area contributed by atoms with Crippen molar-refractivity contribution in [2.75, 3.05) is 31.1 Å². The average molecular weight is 496 g/mol. The van der Waals surface area contributed by atoms with Crippen molar-refractivity contribution in [3.05, 3.63) is 46.1 Å². The summed E-state index contributed by atoms with van der Waals surface area (Å²) in [6.45, 7) is 12.0. The van der Waals surface area contributed by atoms with E-state index in [2.05, 4.69) is 21.9 Å². The van der Waals surface area contributed by atoms with Gasteiger partial charge in [-0.2, -0.15) is 5.10 Å². The van der Waals surface area contributed by atoms with E-state index in [9.17, 15) is 9.59 Å². The second kappa shape index (κ2) is 8.63. The van der Waals surface area contributed by atoms with E-state index >= 15 is 0 Å². The van der Waals surface area contributed by atoms with Crippen LogP contribution in [0, 0.1) is 6.92 Å². The highest BCUT2D eigenvalue weighted by molar-refractivity contribution is 7.20. The van der Waals surface area contributed by atoms with E-state index in [1.165, 1.54) is 17.4 Å². The van der Waals surface area contributed by atoms with Gasteiger partial charge in [0.1, 0.15) is 16.3 Å². The first-order valence-corrected chi connectivity index (χ1v) is 12.6. The standard InChI is InChI=1S/C24H29N7O3S/c1-6-16-11-18(27-31-13-15(2)25-21(16)31)17-12-19(32)30-14-20(35-22(30)26-17)28-7-9-29(10-8-28)23(33)34-24(3,4)5/h11-14H,6-10H2,1-5H3. The monoisotopic (exact) mass is 495 g/mol. The number of hydrogen-bond acceptors (Lipinski definition) is 8. The highest BCUT2D eigenvalue weighted by Gasteiger charge is 2.27. The van der Waals surface area contributed by atoms with Gasteiger partial charge >= 0.3 is 6.09 Å². The van der Waals surface area contributed by atoms with Crippen LogP contribution in [0.3, 0.4) is 0 Å². The van der Waals surface area contributed by atoms with Crippen LogP contribution in [0.25, 0.3) is 22.0 Å². The van der Waals surface area contributed by atoms with Crippen molar-refractivity contribution >= 4 is 33.0 Å². The summed E-state index contributed by atoms with van der Waals surface area (Å²) in [5.41, 5.74) is 3.30. The van der Waals surface area contributed by atoms with Crippen LogP contribution in [0.5, 0.6) is 0 Å². The van der Waals surface area contributed by atoms with Gasteiger partial charge in [-0.3, -0.25) is 9.20 Å². The lowest BCUT2D eigenvalue weighted by Crippen LogP contribution is -2.50. The Labute approximate surface area is 206 Å². The summed E-state index contributed by atoms with van der Waals surface area (Å²) in [7, 11) is 0. The van der Waals surface area contributed by atoms with E-state index in [-0.39, 0.29) is 11.7 Å². The lowest BCUT2D eigenvalue weighted by molar-refractivity contribution is 0.0241. The van der Waals surface area contributed by atoms with E-state index in [4.69, 9.17) is 9.72 Å². The Morgan fingerprint density at radius 1 is 1.09 bits per heavy atom. The number of carbonyl (C=O) groups is 1. The molecule has 0 radical (unpaired) electrons. The van der Waals surface area contributed by atoms with Crippen LogP contribution in [-0.2, 0) is 11.2 Å². The summed E-state index contributed by atoms with van der Waals surface area (Å²) < 4.78 is 8.82. The maximum absolute atomic E-state index is 13.0. The molecule has 4 aromatic rings. The van der Waals surface area contributed by atoms with Crippen LogP contribution in [0.15, 0.2) is 29.3 Å². The van der Waals surface area contributed by atoms with Crippen molar-refractivity contribution in [3.8, 4) is 11.4 Å². The molecule has 1 aliphatic rings. The normalized spacial score (nSPS) is 14.8. The number of aryl methyl sites for hydroxylation is 2. The fraction of sp³-hybridized carbons (Fsp3) is 0.458. The third kappa shape index (κ3) is 4.60. The number of anilines is 1. The molecule has 0 spiro atoms. The number of rotatable bonds is 3. The molecule has 10 nitrogen and oxygen atoms in total. The highest BCUT2D eigenvalue weighted by Crippen LogP contribution is 2.28. The number of amides is 1. The Morgan fingerprint density at radius 3 is 2.51 bits per heavy atom. The van der Waals surface area contributed by atoms with E-state index < -0.39 is 5.60 Å². The van der Waals surface area contributed by atoms with Gasteiger partial charge in [-0.05, 0) is 45.7 Å². The second-order valence-corrected chi connectivity index (χ2v) is 10.7. The van der Waals surface area contributed by atoms with Crippen LogP contribution < -0.4 is 10.5 Å². The summed E-state index contributed by atoms with van der Waals surface area (Å²) in [6.07, 6.45) is 4.22. The maximum atomic E-state index is 13.0. The smallest absolute Gasteiger partial charge is 0.410 e. The van der Waals surface area contributed by atoms with E-state index in [0.29, 0.717) is 42.5 Å². The molecule has 0 unspecified atom stereocenters. The molecule has 0 atom stereocenters. The van der Waals surface area contributed by atoms with Crippen LogP contribution in [0.1, 0.15) is 39.0 Å². The first kappa shape index (κ1) is 23.3. The number of fused-ring (bicyclic) bond motifs is 2. The number of piperazine rings is 1. The zero-order valence-electron chi connectivity index (χ0n) is 20.6. The number of hydrogen-bond donors (Lipinski definition) is 0. The molecule has 5 rings (SSSR count). The number of aromatic nitrogens is 5. The van der Waals surface area contributed by atoms with Gasteiger partial charge in [0.25, 0.3) is 5.56 Å². The van der Waals surface area contributed by atoms with Crippen molar-refractivity contribution in [1.82, 2.24) is 28.9 Å². The highest BCUT2D eigenvalue weighted by atomic mass is 32.1. The molecule has 184 valence electrons. The number of thiazole rings is 1. The number of nitrogens with zero attached hydrogens (tertiary/aromatic N) is 7. The molecule has 4 aromatic heterocycles. The van der Waals surface area contributed by atoms with Crippen LogP contribution in [-0.4, -0.2) is 66.8 Å². The molecule has 0 aliphatic carbocycles. The van der Waals surface area contributed by atoms with Gasteiger partial charge in [0.15, 0.2) is 10.6 Å². The van der Waals surface area contributed by atoms with Gasteiger partial charge in [-0.1, -0.05) is 18.3 Å². The predicted molar refractivity (Wildman–Crippen MR) is 135 cm³/mol. The third-order valence-electron chi connectivity index (χ3n) is 5.86. The maximum Gasteiger partial charge on any atom is 0.410 e. The Morgan fingerprint density at radius 2 is 1.83 bits per heavy atom. The van der Waals surface area contributed by atoms with E-state index in [1.807, 2.05) is 46.2 Å². The quantitative estimate of drug-likeness (QED) is 0.430. The molecule has 35 heavy (non-hydrogen) atoms. The fourth-order valence-electron chi connectivity index (χ4n) is 4.14. The summed E-state index contributed by atoms with van der Waals surface area (Å²) in [5.74, 6) is 0. The van der Waals surface area contributed by atoms with Crippen molar-refractivity contribution < 1.29 is 9.53 Å². The van der Waals surface area contributed by atoms with Gasteiger partial charge in [-0.15, -0.1) is 0 Å². The van der Waals surface area contributed by atoms with Crippen LogP contribution >= 0.6 is 11.3 Å². The molecule has 11 heteroatoms. The minimum atomic E-state index is -0.516.